The van der Waals surface area contributed by atoms with Crippen LogP contribution in [0.4, 0.5) is 0 Å². The van der Waals surface area contributed by atoms with E-state index in [1.807, 2.05) is 44.2 Å². The molecule has 20 heavy (non-hydrogen) atoms. The molecule has 2 rings (SSSR count). The molecule has 1 aromatic heterocycles. The van der Waals surface area contributed by atoms with Gasteiger partial charge in [0.2, 0.25) is 0 Å². The lowest BCUT2D eigenvalue weighted by atomic mass is 10.1. The van der Waals surface area contributed by atoms with Crippen LogP contribution in [-0.2, 0) is 6.42 Å². The third kappa shape index (κ3) is 3.55. The maximum Gasteiger partial charge on any atom is 0.130 e. The molecule has 0 N–H and O–H groups in total. The highest BCUT2D eigenvalue weighted by Gasteiger charge is 2.05. The topological polar surface area (TPSA) is 58.8 Å². The van der Waals surface area contributed by atoms with E-state index in [1.165, 1.54) is 0 Å². The van der Waals surface area contributed by atoms with Crippen molar-refractivity contribution in [1.82, 2.24) is 9.97 Å². The van der Waals surface area contributed by atoms with Crippen LogP contribution in [0.1, 0.15) is 24.9 Å². The van der Waals surface area contributed by atoms with Gasteiger partial charge in [-0.15, -0.1) is 0 Å². The fraction of sp³-hybridized carbons (Fsp3) is 0.312. The van der Waals surface area contributed by atoms with Crippen LogP contribution in [0.2, 0.25) is 0 Å². The highest BCUT2D eigenvalue weighted by molar-refractivity contribution is 5.60. The molecule has 102 valence electrons. The van der Waals surface area contributed by atoms with Crippen LogP contribution in [0.5, 0.6) is 5.75 Å². The van der Waals surface area contributed by atoms with Crippen LogP contribution in [0, 0.1) is 18.3 Å². The fourth-order valence-corrected chi connectivity index (χ4v) is 1.95. The molecule has 0 saturated carbocycles. The number of nitrogens with zero attached hydrogens (tertiary/aromatic N) is 3. The molecule has 0 aliphatic carbocycles. The molecule has 0 aliphatic heterocycles. The molecule has 0 spiro atoms. The summed E-state index contributed by atoms with van der Waals surface area (Å²) < 4.78 is 5.43. The molecule has 4 heteroatoms. The minimum absolute atomic E-state index is 0.437. The van der Waals surface area contributed by atoms with Gasteiger partial charge in [0.25, 0.3) is 0 Å². The van der Waals surface area contributed by atoms with Crippen LogP contribution in [0.25, 0.3) is 11.3 Å². The van der Waals surface area contributed by atoms with Gasteiger partial charge in [0.1, 0.15) is 11.6 Å². The summed E-state index contributed by atoms with van der Waals surface area (Å²) in [5, 5.41) is 8.64. The minimum Gasteiger partial charge on any atom is -0.494 e. The maximum atomic E-state index is 8.64. The van der Waals surface area contributed by atoms with Crippen molar-refractivity contribution in [3.63, 3.8) is 0 Å². The summed E-state index contributed by atoms with van der Waals surface area (Å²) in [6.07, 6.45) is 1.02. The van der Waals surface area contributed by atoms with Crippen LogP contribution < -0.4 is 4.74 Å². The van der Waals surface area contributed by atoms with E-state index < -0.39 is 0 Å². The molecule has 0 atom stereocenters. The molecule has 0 bridgehead atoms. The van der Waals surface area contributed by atoms with E-state index in [0.717, 1.165) is 28.5 Å². The van der Waals surface area contributed by atoms with Gasteiger partial charge in [-0.3, -0.25) is 0 Å². The van der Waals surface area contributed by atoms with E-state index in [0.29, 0.717) is 19.4 Å². The molecule has 2 aromatic rings. The Kier molecular flexibility index (Phi) is 4.67. The van der Waals surface area contributed by atoms with Crippen molar-refractivity contribution in [1.29, 1.82) is 5.26 Å². The van der Waals surface area contributed by atoms with Crippen LogP contribution >= 0.6 is 0 Å². The van der Waals surface area contributed by atoms with E-state index in [9.17, 15) is 0 Å². The number of hydrogen-bond acceptors (Lipinski definition) is 4. The standard InChI is InChI=1S/C16H17N3O/c1-3-20-14-8-6-13(7-9-14)15-11-12(2)18-16(19-15)5-4-10-17/h6-9,11H,3-5H2,1-2H3. The van der Waals surface area contributed by atoms with Crippen molar-refractivity contribution in [2.45, 2.75) is 26.7 Å². The molecule has 4 nitrogen and oxygen atoms in total. The Labute approximate surface area is 119 Å². The van der Waals surface area contributed by atoms with Gasteiger partial charge < -0.3 is 4.74 Å². The van der Waals surface area contributed by atoms with Gasteiger partial charge in [-0.25, -0.2) is 9.97 Å². The fourth-order valence-electron chi connectivity index (χ4n) is 1.95. The van der Waals surface area contributed by atoms with Gasteiger partial charge in [-0.1, -0.05) is 0 Å². The van der Waals surface area contributed by atoms with Crippen LogP contribution in [0.3, 0.4) is 0 Å². The number of aryl methyl sites for hydroxylation is 2. The SMILES string of the molecule is CCOc1ccc(-c2cc(C)nc(CCC#N)n2)cc1. The monoisotopic (exact) mass is 267 g/mol. The number of nitriles is 1. The summed E-state index contributed by atoms with van der Waals surface area (Å²) in [6.45, 7) is 4.56. The zero-order valence-corrected chi connectivity index (χ0v) is 11.8. The molecule has 1 aromatic carbocycles. The molecule has 0 radical (unpaired) electrons. The molecular weight excluding hydrogens is 250 g/mol. The first-order valence-electron chi connectivity index (χ1n) is 6.67. The van der Waals surface area contributed by atoms with Crippen LogP contribution in [0.15, 0.2) is 30.3 Å². The molecule has 0 unspecified atom stereocenters. The second-order valence-electron chi connectivity index (χ2n) is 4.43. The van der Waals surface area contributed by atoms with Crippen molar-refractivity contribution in [2.24, 2.45) is 0 Å². The Morgan fingerprint density at radius 2 is 1.95 bits per heavy atom. The summed E-state index contributed by atoms with van der Waals surface area (Å²) in [5.41, 5.74) is 2.82. The Hall–Kier alpha value is -2.41. The van der Waals surface area contributed by atoms with Gasteiger partial charge in [-0.2, -0.15) is 5.26 Å². The summed E-state index contributed by atoms with van der Waals surface area (Å²) in [6, 6.07) is 11.9. The predicted molar refractivity (Wildman–Crippen MR) is 77.3 cm³/mol. The number of ether oxygens (including phenoxy) is 1. The molecular formula is C16H17N3O. The number of rotatable bonds is 5. The Bertz CT molecular complexity index is 615. The first-order chi connectivity index (χ1) is 9.72. The Balaban J connectivity index is 2.27. The predicted octanol–water partition coefficient (Wildman–Crippen LogP) is 3.31. The largest absolute Gasteiger partial charge is 0.494 e. The van der Waals surface area contributed by atoms with E-state index in [2.05, 4.69) is 16.0 Å². The van der Waals surface area contributed by atoms with E-state index >= 15 is 0 Å². The smallest absolute Gasteiger partial charge is 0.130 e. The average Bonchev–Trinajstić information content (AvgIpc) is 2.46. The first kappa shape index (κ1) is 14.0. The van der Waals surface area contributed by atoms with E-state index in [1.54, 1.807) is 0 Å². The third-order valence-electron chi connectivity index (χ3n) is 2.82. The van der Waals surface area contributed by atoms with E-state index in [-0.39, 0.29) is 0 Å². The summed E-state index contributed by atoms with van der Waals surface area (Å²) >= 11 is 0. The molecule has 1 heterocycles. The lowest BCUT2D eigenvalue weighted by Crippen LogP contribution is -1.99. The van der Waals surface area contributed by atoms with Gasteiger partial charge in [0.15, 0.2) is 0 Å². The zero-order valence-electron chi connectivity index (χ0n) is 11.8. The normalized spacial score (nSPS) is 10.1. The minimum atomic E-state index is 0.437. The molecule has 0 fully saturated rings. The quantitative estimate of drug-likeness (QED) is 0.834. The van der Waals surface area contributed by atoms with Crippen molar-refractivity contribution in [3.8, 4) is 23.1 Å². The Morgan fingerprint density at radius 1 is 1.20 bits per heavy atom. The summed E-state index contributed by atoms with van der Waals surface area (Å²) in [7, 11) is 0. The second-order valence-corrected chi connectivity index (χ2v) is 4.43. The van der Waals surface area contributed by atoms with E-state index in [4.69, 9.17) is 10.00 Å². The van der Waals surface area contributed by atoms with Gasteiger partial charge in [0, 0.05) is 24.1 Å². The zero-order chi connectivity index (χ0) is 14.4. The van der Waals surface area contributed by atoms with Crippen LogP contribution in [-0.4, -0.2) is 16.6 Å². The third-order valence-corrected chi connectivity index (χ3v) is 2.82. The highest BCUT2D eigenvalue weighted by atomic mass is 16.5. The number of benzene rings is 1. The second kappa shape index (κ2) is 6.67. The highest BCUT2D eigenvalue weighted by Crippen LogP contribution is 2.21. The molecule has 0 aliphatic rings. The first-order valence-corrected chi connectivity index (χ1v) is 6.67. The van der Waals surface area contributed by atoms with Crippen molar-refractivity contribution in [2.75, 3.05) is 6.61 Å². The lowest BCUT2D eigenvalue weighted by molar-refractivity contribution is 0.340. The van der Waals surface area contributed by atoms with Gasteiger partial charge >= 0.3 is 0 Å². The summed E-state index contributed by atoms with van der Waals surface area (Å²) in [5.74, 6) is 1.57. The Morgan fingerprint density at radius 3 is 2.60 bits per heavy atom. The molecule has 0 amide bonds. The molecule has 0 saturated heterocycles. The lowest BCUT2D eigenvalue weighted by Gasteiger charge is -2.07. The number of hydrogen-bond donors (Lipinski definition) is 0. The number of aromatic nitrogens is 2. The van der Waals surface area contributed by atoms with Crippen molar-refractivity contribution >= 4 is 0 Å². The van der Waals surface area contributed by atoms with Gasteiger partial charge in [0.05, 0.1) is 18.4 Å². The van der Waals surface area contributed by atoms with Crippen molar-refractivity contribution in [3.05, 3.63) is 41.9 Å². The van der Waals surface area contributed by atoms with Crippen molar-refractivity contribution < 1.29 is 4.74 Å². The summed E-state index contributed by atoms with van der Waals surface area (Å²) in [4.78, 5) is 8.87. The van der Waals surface area contributed by atoms with Gasteiger partial charge in [-0.05, 0) is 44.2 Å². The maximum absolute atomic E-state index is 8.64. The average molecular weight is 267 g/mol.